The molecule has 2 N–H and O–H groups in total. The lowest BCUT2D eigenvalue weighted by molar-refractivity contribution is 0.356. The summed E-state index contributed by atoms with van der Waals surface area (Å²) in [6, 6.07) is 3.43. The lowest BCUT2D eigenvalue weighted by Gasteiger charge is -2.20. The Morgan fingerprint density at radius 3 is 2.42 bits per heavy atom. The molecule has 0 aliphatic heterocycles. The zero-order chi connectivity index (χ0) is 14.5. The molecule has 0 unspecified atom stereocenters. The van der Waals surface area contributed by atoms with E-state index in [-0.39, 0.29) is 0 Å². The van der Waals surface area contributed by atoms with Crippen LogP contribution in [0.1, 0.15) is 18.2 Å². The first-order valence-corrected chi connectivity index (χ1v) is 8.61. The molecule has 0 saturated carbocycles. The van der Waals surface area contributed by atoms with Gasteiger partial charge in [0.2, 0.25) is 0 Å². The van der Waals surface area contributed by atoms with Crippen LogP contribution in [0.15, 0.2) is 16.3 Å². The number of thiophene rings is 1. The zero-order valence-corrected chi connectivity index (χ0v) is 13.4. The molecule has 0 bridgehead atoms. The highest BCUT2D eigenvalue weighted by Gasteiger charge is 2.24. The van der Waals surface area contributed by atoms with Crippen LogP contribution in [-0.4, -0.2) is 51.4 Å². The molecular weight excluding hydrogens is 282 g/mol. The standard InChI is InChI=1S/C12H23N3O2S2/c1-4-15(9-5-8-14(2)3)19(16,17)12-7-6-11(10-13)18-12/h6-7H,4-5,8-10,13H2,1-3H3. The summed E-state index contributed by atoms with van der Waals surface area (Å²) >= 11 is 1.26. The van der Waals surface area contributed by atoms with Crippen molar-refractivity contribution in [2.45, 2.75) is 24.1 Å². The van der Waals surface area contributed by atoms with E-state index in [1.165, 1.54) is 15.6 Å². The summed E-state index contributed by atoms with van der Waals surface area (Å²) in [6.07, 6.45) is 0.829. The maximum atomic E-state index is 12.5. The van der Waals surface area contributed by atoms with Gasteiger partial charge >= 0.3 is 0 Å². The van der Waals surface area contributed by atoms with Crippen molar-refractivity contribution in [2.24, 2.45) is 5.73 Å². The Kier molecular flexibility index (Phi) is 6.41. The maximum absolute atomic E-state index is 12.5. The first-order valence-electron chi connectivity index (χ1n) is 6.35. The van der Waals surface area contributed by atoms with E-state index in [2.05, 4.69) is 4.90 Å². The van der Waals surface area contributed by atoms with Crippen LogP contribution in [-0.2, 0) is 16.6 Å². The number of hydrogen-bond acceptors (Lipinski definition) is 5. The van der Waals surface area contributed by atoms with Gasteiger partial charge in [-0.2, -0.15) is 4.31 Å². The minimum Gasteiger partial charge on any atom is -0.326 e. The van der Waals surface area contributed by atoms with Crippen LogP contribution in [0.3, 0.4) is 0 Å². The zero-order valence-electron chi connectivity index (χ0n) is 11.8. The van der Waals surface area contributed by atoms with Gasteiger partial charge in [-0.05, 0) is 39.2 Å². The Hall–Kier alpha value is -0.470. The Morgan fingerprint density at radius 1 is 1.26 bits per heavy atom. The summed E-state index contributed by atoms with van der Waals surface area (Å²) in [4.78, 5) is 2.95. The van der Waals surface area contributed by atoms with E-state index >= 15 is 0 Å². The average Bonchev–Trinajstić information content (AvgIpc) is 2.83. The molecule has 0 radical (unpaired) electrons. The van der Waals surface area contributed by atoms with Gasteiger partial charge in [0.15, 0.2) is 0 Å². The number of hydrogen-bond donors (Lipinski definition) is 1. The maximum Gasteiger partial charge on any atom is 0.252 e. The van der Waals surface area contributed by atoms with Crippen molar-refractivity contribution >= 4 is 21.4 Å². The van der Waals surface area contributed by atoms with Crippen LogP contribution in [0.5, 0.6) is 0 Å². The highest BCUT2D eigenvalue weighted by atomic mass is 32.2. The minimum atomic E-state index is -3.36. The first kappa shape index (κ1) is 16.6. The van der Waals surface area contributed by atoms with Crippen molar-refractivity contribution in [2.75, 3.05) is 33.7 Å². The average molecular weight is 305 g/mol. The van der Waals surface area contributed by atoms with E-state index in [1.807, 2.05) is 21.0 Å². The molecule has 1 aromatic rings. The van der Waals surface area contributed by atoms with Crippen molar-refractivity contribution in [1.29, 1.82) is 0 Å². The molecule has 0 amide bonds. The molecule has 0 spiro atoms. The summed E-state index contributed by atoms with van der Waals surface area (Å²) in [5, 5.41) is 0. The van der Waals surface area contributed by atoms with Gasteiger partial charge in [-0.15, -0.1) is 11.3 Å². The van der Waals surface area contributed by atoms with Gasteiger partial charge in [0.25, 0.3) is 10.0 Å². The molecule has 7 heteroatoms. The second-order valence-corrected chi connectivity index (χ2v) is 7.91. The van der Waals surface area contributed by atoms with Crippen molar-refractivity contribution < 1.29 is 8.42 Å². The van der Waals surface area contributed by atoms with Crippen LogP contribution in [0.25, 0.3) is 0 Å². The quantitative estimate of drug-likeness (QED) is 0.783. The van der Waals surface area contributed by atoms with Gasteiger partial charge < -0.3 is 10.6 Å². The van der Waals surface area contributed by atoms with Crippen LogP contribution >= 0.6 is 11.3 Å². The fraction of sp³-hybridized carbons (Fsp3) is 0.667. The third-order valence-electron chi connectivity index (χ3n) is 2.80. The molecule has 1 heterocycles. The van der Waals surface area contributed by atoms with Gasteiger partial charge in [0.05, 0.1) is 0 Å². The van der Waals surface area contributed by atoms with E-state index in [0.717, 1.165) is 17.8 Å². The van der Waals surface area contributed by atoms with Crippen LogP contribution in [0.2, 0.25) is 0 Å². The van der Waals surface area contributed by atoms with Crippen LogP contribution < -0.4 is 5.73 Å². The highest BCUT2D eigenvalue weighted by molar-refractivity contribution is 7.91. The number of nitrogens with zero attached hydrogens (tertiary/aromatic N) is 2. The number of sulfonamides is 1. The Morgan fingerprint density at radius 2 is 1.95 bits per heavy atom. The van der Waals surface area contributed by atoms with Gasteiger partial charge in [-0.1, -0.05) is 6.92 Å². The summed E-state index contributed by atoms with van der Waals surface area (Å²) in [5.74, 6) is 0. The molecule has 110 valence electrons. The monoisotopic (exact) mass is 305 g/mol. The van der Waals surface area contributed by atoms with Crippen LogP contribution in [0.4, 0.5) is 0 Å². The molecule has 0 aromatic carbocycles. The lowest BCUT2D eigenvalue weighted by Crippen LogP contribution is -2.32. The van der Waals surface area contributed by atoms with Crippen molar-refractivity contribution in [3.8, 4) is 0 Å². The van der Waals surface area contributed by atoms with Gasteiger partial charge in [0.1, 0.15) is 4.21 Å². The number of rotatable bonds is 8. The van der Waals surface area contributed by atoms with Crippen LogP contribution in [0, 0.1) is 0 Å². The Balaban J connectivity index is 2.77. The molecule has 0 aliphatic carbocycles. The third kappa shape index (κ3) is 4.54. The van der Waals surface area contributed by atoms with Crippen molar-refractivity contribution in [1.82, 2.24) is 9.21 Å². The van der Waals surface area contributed by atoms with Gasteiger partial charge in [-0.3, -0.25) is 0 Å². The molecule has 5 nitrogen and oxygen atoms in total. The highest BCUT2D eigenvalue weighted by Crippen LogP contribution is 2.24. The lowest BCUT2D eigenvalue weighted by atomic mass is 10.4. The molecule has 1 rings (SSSR count). The van der Waals surface area contributed by atoms with Gasteiger partial charge in [-0.25, -0.2) is 8.42 Å². The fourth-order valence-corrected chi connectivity index (χ4v) is 4.62. The second kappa shape index (κ2) is 7.35. The van der Waals surface area contributed by atoms with E-state index in [9.17, 15) is 8.42 Å². The summed E-state index contributed by atoms with van der Waals surface area (Å²) in [6.45, 7) is 4.17. The first-order chi connectivity index (χ1) is 8.91. The van der Waals surface area contributed by atoms with E-state index in [0.29, 0.717) is 23.8 Å². The minimum absolute atomic E-state index is 0.382. The molecule has 0 saturated heterocycles. The number of nitrogens with two attached hydrogens (primary N) is 1. The molecule has 0 fully saturated rings. The summed E-state index contributed by atoms with van der Waals surface area (Å²) in [7, 11) is 0.607. The molecule has 1 aromatic heterocycles. The SMILES string of the molecule is CCN(CCCN(C)C)S(=O)(=O)c1ccc(CN)s1. The Bertz CT molecular complexity index is 483. The van der Waals surface area contributed by atoms with E-state index < -0.39 is 10.0 Å². The molecular formula is C12H23N3O2S2. The van der Waals surface area contributed by atoms with Gasteiger partial charge in [0, 0.05) is 24.5 Å². The smallest absolute Gasteiger partial charge is 0.252 e. The van der Waals surface area contributed by atoms with E-state index in [4.69, 9.17) is 5.73 Å². The topological polar surface area (TPSA) is 66.6 Å². The molecule has 0 atom stereocenters. The normalized spacial score (nSPS) is 12.5. The van der Waals surface area contributed by atoms with Crippen molar-refractivity contribution in [3.05, 3.63) is 17.0 Å². The second-order valence-electron chi connectivity index (χ2n) is 4.58. The summed E-state index contributed by atoms with van der Waals surface area (Å²) in [5.41, 5.74) is 5.53. The van der Waals surface area contributed by atoms with Crippen molar-refractivity contribution in [3.63, 3.8) is 0 Å². The molecule has 19 heavy (non-hydrogen) atoms. The Labute approximate surface area is 120 Å². The molecule has 0 aliphatic rings. The summed E-state index contributed by atoms with van der Waals surface area (Å²) < 4.78 is 26.8. The largest absolute Gasteiger partial charge is 0.326 e. The third-order valence-corrected chi connectivity index (χ3v) is 6.35. The predicted octanol–water partition coefficient (Wildman–Crippen LogP) is 1.17. The van der Waals surface area contributed by atoms with E-state index in [1.54, 1.807) is 12.1 Å². The fourth-order valence-electron chi connectivity index (χ4n) is 1.75. The predicted molar refractivity (Wildman–Crippen MR) is 79.8 cm³/mol.